The van der Waals surface area contributed by atoms with Crippen molar-refractivity contribution in [3.63, 3.8) is 0 Å². The molecule has 0 bridgehead atoms. The highest BCUT2D eigenvalue weighted by molar-refractivity contribution is 5.97. The molecule has 4 N–H and O–H groups in total. The van der Waals surface area contributed by atoms with Crippen LogP contribution in [0, 0.1) is 6.92 Å². The lowest BCUT2D eigenvalue weighted by atomic mass is 9.86. The number of H-pyrrole nitrogens is 1. The Labute approximate surface area is 223 Å². The van der Waals surface area contributed by atoms with Gasteiger partial charge in [0.2, 0.25) is 5.91 Å². The topological polar surface area (TPSA) is 146 Å². The van der Waals surface area contributed by atoms with Gasteiger partial charge in [-0.05, 0) is 54.2 Å². The second-order valence-electron chi connectivity index (χ2n) is 10.9. The number of furan rings is 1. The highest BCUT2D eigenvalue weighted by Crippen LogP contribution is 2.35. The first-order valence-corrected chi connectivity index (χ1v) is 12.7. The van der Waals surface area contributed by atoms with Crippen molar-refractivity contribution in [1.29, 1.82) is 0 Å². The highest BCUT2D eigenvalue weighted by atomic mass is 16.4. The second-order valence-corrected chi connectivity index (χ2v) is 10.9. The van der Waals surface area contributed by atoms with Crippen LogP contribution in [0.15, 0.2) is 56.4 Å². The van der Waals surface area contributed by atoms with E-state index in [4.69, 9.17) is 8.83 Å². The SMILES string of the molecule is Cc1c(CCC(=O)N[C@@H](Cc2c[nH]c3ccc(O)cc23)C(=O)O)c(=O)oc2cc3occ(C(C)(C)C)c3cc12. The number of carboxylic acids is 1. The van der Waals surface area contributed by atoms with Gasteiger partial charge in [-0.2, -0.15) is 0 Å². The molecule has 0 fully saturated rings. The van der Waals surface area contributed by atoms with Crippen LogP contribution in [-0.2, 0) is 27.8 Å². The Kier molecular flexibility index (Phi) is 6.46. The molecule has 0 aliphatic carbocycles. The molecule has 2 aromatic carbocycles. The number of carboxylic acid groups (broad SMARTS) is 1. The minimum absolute atomic E-state index is 0.0263. The van der Waals surface area contributed by atoms with Gasteiger partial charge in [-0.25, -0.2) is 9.59 Å². The molecule has 0 saturated heterocycles. The van der Waals surface area contributed by atoms with Gasteiger partial charge in [-0.15, -0.1) is 0 Å². The summed E-state index contributed by atoms with van der Waals surface area (Å²) < 4.78 is 11.3. The summed E-state index contributed by atoms with van der Waals surface area (Å²) in [6.07, 6.45) is 3.42. The number of amides is 1. The zero-order valence-corrected chi connectivity index (χ0v) is 22.2. The number of aliphatic carboxylic acids is 1. The smallest absolute Gasteiger partial charge is 0.339 e. The van der Waals surface area contributed by atoms with E-state index in [-0.39, 0.29) is 30.4 Å². The third-order valence-electron chi connectivity index (χ3n) is 7.20. The maximum atomic E-state index is 12.8. The average molecular weight is 531 g/mol. The van der Waals surface area contributed by atoms with Crippen LogP contribution >= 0.6 is 0 Å². The summed E-state index contributed by atoms with van der Waals surface area (Å²) in [7, 11) is 0. The molecular formula is C30H30N2O7. The Hall–Kier alpha value is -4.53. The molecule has 9 nitrogen and oxygen atoms in total. The third kappa shape index (κ3) is 4.99. The number of hydrogen-bond donors (Lipinski definition) is 4. The standard InChI is InChI=1S/C30H30N2O7/c1-15-18(29(37)39-26-12-25-21(11-19(15)26)22(14-38-25)30(2,3)4)6-8-27(34)32-24(28(35)36)9-16-13-31-23-7-5-17(33)10-20(16)23/h5,7,10-14,24,31,33H,6,8-9H2,1-4H3,(H,32,34)(H,35,36)/t24-/m0/s1. The lowest BCUT2D eigenvalue weighted by Crippen LogP contribution is -2.42. The van der Waals surface area contributed by atoms with Crippen molar-refractivity contribution in [3.8, 4) is 5.75 Å². The molecule has 0 saturated carbocycles. The van der Waals surface area contributed by atoms with Gasteiger partial charge in [0, 0.05) is 57.9 Å². The van der Waals surface area contributed by atoms with Crippen LogP contribution in [0.3, 0.4) is 0 Å². The van der Waals surface area contributed by atoms with Crippen molar-refractivity contribution in [2.45, 2.75) is 58.4 Å². The number of fused-ring (bicyclic) bond motifs is 3. The number of aromatic hydroxyl groups is 1. The summed E-state index contributed by atoms with van der Waals surface area (Å²) >= 11 is 0. The molecule has 0 aliphatic rings. The van der Waals surface area contributed by atoms with Crippen molar-refractivity contribution in [2.75, 3.05) is 0 Å². The van der Waals surface area contributed by atoms with Crippen molar-refractivity contribution < 1.29 is 28.6 Å². The number of carbonyl (C=O) groups excluding carboxylic acids is 1. The molecule has 5 rings (SSSR count). The number of hydrogen-bond acceptors (Lipinski definition) is 6. The van der Waals surface area contributed by atoms with Gasteiger partial charge in [-0.1, -0.05) is 20.8 Å². The van der Waals surface area contributed by atoms with E-state index in [2.05, 4.69) is 31.1 Å². The fraction of sp³-hybridized carbons (Fsp3) is 0.300. The van der Waals surface area contributed by atoms with Crippen molar-refractivity contribution in [2.24, 2.45) is 0 Å². The molecular weight excluding hydrogens is 500 g/mol. The predicted molar refractivity (Wildman–Crippen MR) is 147 cm³/mol. The zero-order valence-electron chi connectivity index (χ0n) is 22.2. The Morgan fingerprint density at radius 3 is 2.56 bits per heavy atom. The monoisotopic (exact) mass is 530 g/mol. The van der Waals surface area contributed by atoms with E-state index in [1.807, 2.05) is 13.0 Å². The van der Waals surface area contributed by atoms with E-state index in [9.17, 15) is 24.6 Å². The van der Waals surface area contributed by atoms with Crippen molar-refractivity contribution in [1.82, 2.24) is 10.3 Å². The van der Waals surface area contributed by atoms with Crippen LogP contribution in [0.1, 0.15) is 49.4 Å². The van der Waals surface area contributed by atoms with Crippen LogP contribution in [0.25, 0.3) is 32.8 Å². The van der Waals surface area contributed by atoms with Crippen LogP contribution < -0.4 is 10.9 Å². The summed E-state index contributed by atoms with van der Waals surface area (Å²) in [6, 6.07) is 7.26. The van der Waals surface area contributed by atoms with Gasteiger partial charge < -0.3 is 29.3 Å². The van der Waals surface area contributed by atoms with Gasteiger partial charge in [-0.3, -0.25) is 4.79 Å². The van der Waals surface area contributed by atoms with E-state index in [0.29, 0.717) is 33.2 Å². The van der Waals surface area contributed by atoms with Gasteiger partial charge >= 0.3 is 11.6 Å². The predicted octanol–water partition coefficient (Wildman–Crippen LogP) is 5.08. The molecule has 0 unspecified atom stereocenters. The summed E-state index contributed by atoms with van der Waals surface area (Å²) in [5, 5.41) is 24.5. The largest absolute Gasteiger partial charge is 0.508 e. The molecule has 9 heteroatoms. The summed E-state index contributed by atoms with van der Waals surface area (Å²) in [5.74, 6) is -1.62. The highest BCUT2D eigenvalue weighted by Gasteiger charge is 2.24. The number of aromatic nitrogens is 1. The Bertz CT molecular complexity index is 1800. The average Bonchev–Trinajstić information content (AvgIpc) is 3.46. The zero-order chi connectivity index (χ0) is 28.1. The fourth-order valence-corrected chi connectivity index (χ4v) is 5.04. The van der Waals surface area contributed by atoms with Gasteiger partial charge in [0.05, 0.1) is 6.26 Å². The number of rotatable bonds is 7. The summed E-state index contributed by atoms with van der Waals surface area (Å²) in [4.78, 5) is 40.6. The normalized spacial score (nSPS) is 12.8. The molecule has 0 aliphatic heterocycles. The van der Waals surface area contributed by atoms with E-state index in [1.54, 1.807) is 30.7 Å². The summed E-state index contributed by atoms with van der Waals surface area (Å²) in [5.41, 5.74) is 3.88. The maximum absolute atomic E-state index is 12.8. The molecule has 202 valence electrons. The number of carbonyl (C=O) groups is 2. The Balaban J connectivity index is 1.36. The van der Waals surface area contributed by atoms with Gasteiger partial charge in [0.25, 0.3) is 0 Å². The lowest BCUT2D eigenvalue weighted by molar-refractivity contribution is -0.141. The van der Waals surface area contributed by atoms with E-state index in [0.717, 1.165) is 21.9 Å². The Morgan fingerprint density at radius 1 is 1.08 bits per heavy atom. The van der Waals surface area contributed by atoms with E-state index >= 15 is 0 Å². The Morgan fingerprint density at radius 2 is 1.85 bits per heavy atom. The van der Waals surface area contributed by atoms with Crippen LogP contribution in [0.5, 0.6) is 5.75 Å². The van der Waals surface area contributed by atoms with Crippen LogP contribution in [0.4, 0.5) is 0 Å². The van der Waals surface area contributed by atoms with Gasteiger partial charge in [0.1, 0.15) is 23.0 Å². The second kappa shape index (κ2) is 9.65. The molecule has 39 heavy (non-hydrogen) atoms. The number of nitrogens with one attached hydrogen (secondary N) is 2. The van der Waals surface area contributed by atoms with Gasteiger partial charge in [0.15, 0.2) is 0 Å². The minimum atomic E-state index is -1.18. The third-order valence-corrected chi connectivity index (χ3v) is 7.20. The fourth-order valence-electron chi connectivity index (χ4n) is 5.04. The molecule has 3 heterocycles. The molecule has 1 atom stereocenters. The summed E-state index contributed by atoms with van der Waals surface area (Å²) in [6.45, 7) is 8.10. The first-order valence-electron chi connectivity index (χ1n) is 12.7. The number of benzene rings is 2. The molecule has 1 amide bonds. The quantitative estimate of drug-likeness (QED) is 0.215. The van der Waals surface area contributed by atoms with Crippen LogP contribution in [0.2, 0.25) is 0 Å². The van der Waals surface area contributed by atoms with E-state index in [1.165, 1.54) is 6.07 Å². The molecule has 3 aromatic heterocycles. The number of aromatic amines is 1. The molecule has 5 aromatic rings. The number of phenolic OH excluding ortho intramolecular Hbond substituents is 1. The van der Waals surface area contributed by atoms with E-state index < -0.39 is 23.5 Å². The number of phenols is 1. The number of aryl methyl sites for hydroxylation is 1. The first-order chi connectivity index (χ1) is 18.4. The molecule has 0 radical (unpaired) electrons. The molecule has 0 spiro atoms. The minimum Gasteiger partial charge on any atom is -0.508 e. The maximum Gasteiger partial charge on any atom is 0.339 e. The first kappa shape index (κ1) is 26.1. The lowest BCUT2D eigenvalue weighted by Gasteiger charge is -2.17. The van der Waals surface area contributed by atoms with Crippen LogP contribution in [-0.4, -0.2) is 33.1 Å². The van der Waals surface area contributed by atoms with Crippen molar-refractivity contribution >= 4 is 44.7 Å². The van der Waals surface area contributed by atoms with Crippen molar-refractivity contribution in [3.05, 3.63) is 75.5 Å².